The second kappa shape index (κ2) is 6.13. The van der Waals surface area contributed by atoms with Gasteiger partial charge in [0.25, 0.3) is 5.91 Å². The molecule has 2 N–H and O–H groups in total. The van der Waals surface area contributed by atoms with Gasteiger partial charge in [-0.1, -0.05) is 12.8 Å². The van der Waals surface area contributed by atoms with E-state index in [0.717, 1.165) is 29.6 Å². The molecule has 0 aromatic carbocycles. The lowest BCUT2D eigenvalue weighted by molar-refractivity contribution is -0.145. The van der Waals surface area contributed by atoms with Gasteiger partial charge in [-0.2, -0.15) is 5.10 Å². The summed E-state index contributed by atoms with van der Waals surface area (Å²) in [7, 11) is 1.80. The van der Waals surface area contributed by atoms with Gasteiger partial charge >= 0.3 is 5.97 Å². The fourth-order valence-corrected chi connectivity index (χ4v) is 3.95. The van der Waals surface area contributed by atoms with Crippen molar-refractivity contribution >= 4 is 22.9 Å². The number of carboxylic acid groups (broad SMARTS) is 1. The third-order valence-corrected chi connectivity index (χ3v) is 5.25. The fourth-order valence-electron chi connectivity index (χ4n) is 3.95. The molecule has 1 amide bonds. The molecule has 1 saturated carbocycles. The Labute approximate surface area is 146 Å². The summed E-state index contributed by atoms with van der Waals surface area (Å²) in [5.74, 6) is -1.68. The fraction of sp³-hybridized carbons (Fsp3) is 0.556. The minimum atomic E-state index is -0.851. The summed E-state index contributed by atoms with van der Waals surface area (Å²) >= 11 is 0. The van der Waals surface area contributed by atoms with Gasteiger partial charge in [-0.05, 0) is 39.7 Å². The summed E-state index contributed by atoms with van der Waals surface area (Å²) in [5.41, 5.74) is 1.87. The number of nitrogens with one attached hydrogen (secondary N) is 1. The van der Waals surface area contributed by atoms with E-state index in [1.807, 2.05) is 20.8 Å². The summed E-state index contributed by atoms with van der Waals surface area (Å²) < 4.78 is 1.66. The normalized spacial score (nSPS) is 23.6. The number of amides is 1. The van der Waals surface area contributed by atoms with Gasteiger partial charge in [0.15, 0.2) is 5.65 Å². The summed E-state index contributed by atoms with van der Waals surface area (Å²) in [5, 5.41) is 17.6. The van der Waals surface area contributed by atoms with E-state index >= 15 is 0 Å². The Morgan fingerprint density at radius 1 is 1.36 bits per heavy atom. The second-order valence-electron chi connectivity index (χ2n) is 7.23. The predicted molar refractivity (Wildman–Crippen MR) is 93.4 cm³/mol. The Bertz CT molecular complexity index is 858. The number of aromatic nitrogens is 3. The molecule has 1 aliphatic carbocycles. The highest BCUT2D eigenvalue weighted by Gasteiger charge is 2.42. The molecule has 0 aliphatic heterocycles. The summed E-state index contributed by atoms with van der Waals surface area (Å²) in [6, 6.07) is 1.74. The van der Waals surface area contributed by atoms with E-state index in [2.05, 4.69) is 15.4 Å². The van der Waals surface area contributed by atoms with E-state index in [0.29, 0.717) is 24.1 Å². The molecule has 1 fully saturated rings. The number of carbonyl (C=O) groups excluding carboxylic acids is 1. The molecule has 3 rings (SSSR count). The van der Waals surface area contributed by atoms with E-state index in [9.17, 15) is 14.7 Å². The van der Waals surface area contributed by atoms with E-state index in [-0.39, 0.29) is 5.91 Å². The molecule has 2 unspecified atom stereocenters. The molecule has 2 atom stereocenters. The van der Waals surface area contributed by atoms with Crippen molar-refractivity contribution < 1.29 is 14.7 Å². The molecule has 0 bridgehead atoms. The lowest BCUT2D eigenvalue weighted by Crippen LogP contribution is -2.55. The highest BCUT2D eigenvalue weighted by Crippen LogP contribution is 2.34. The van der Waals surface area contributed by atoms with Gasteiger partial charge in [0.1, 0.15) is 0 Å². The average molecular weight is 344 g/mol. The van der Waals surface area contributed by atoms with Gasteiger partial charge < -0.3 is 10.4 Å². The van der Waals surface area contributed by atoms with Crippen molar-refractivity contribution in [2.24, 2.45) is 13.0 Å². The van der Waals surface area contributed by atoms with Crippen molar-refractivity contribution in [3.05, 3.63) is 23.0 Å². The average Bonchev–Trinajstić information content (AvgIpc) is 2.80. The minimum Gasteiger partial charge on any atom is -0.481 e. The van der Waals surface area contributed by atoms with Crippen LogP contribution < -0.4 is 5.32 Å². The van der Waals surface area contributed by atoms with Crippen LogP contribution in [0.3, 0.4) is 0 Å². The number of aliphatic carboxylic acids is 1. The predicted octanol–water partition coefficient (Wildman–Crippen LogP) is 2.35. The Hall–Kier alpha value is -2.44. The number of hydrogen-bond acceptors (Lipinski definition) is 4. The molecule has 2 aromatic heterocycles. The Kier molecular flexibility index (Phi) is 4.26. The summed E-state index contributed by atoms with van der Waals surface area (Å²) in [4.78, 5) is 29.2. The van der Waals surface area contributed by atoms with Crippen LogP contribution in [-0.2, 0) is 11.8 Å². The van der Waals surface area contributed by atoms with Gasteiger partial charge in [0, 0.05) is 12.7 Å². The van der Waals surface area contributed by atoms with Crippen molar-refractivity contribution in [3.63, 3.8) is 0 Å². The zero-order valence-corrected chi connectivity index (χ0v) is 15.1. The molecular weight excluding hydrogens is 320 g/mol. The van der Waals surface area contributed by atoms with Crippen molar-refractivity contribution in [1.82, 2.24) is 20.1 Å². The molecule has 0 saturated heterocycles. The van der Waals surface area contributed by atoms with Crippen molar-refractivity contribution in [2.75, 3.05) is 0 Å². The van der Waals surface area contributed by atoms with Crippen LogP contribution in [0.5, 0.6) is 0 Å². The molecule has 0 radical (unpaired) electrons. The molecule has 0 spiro atoms. The van der Waals surface area contributed by atoms with Crippen LogP contribution in [0.2, 0.25) is 0 Å². The van der Waals surface area contributed by atoms with Crippen LogP contribution >= 0.6 is 0 Å². The van der Waals surface area contributed by atoms with Crippen molar-refractivity contribution in [1.29, 1.82) is 0 Å². The minimum absolute atomic E-state index is 0.262. The van der Waals surface area contributed by atoms with Crippen molar-refractivity contribution in [2.45, 2.75) is 52.0 Å². The summed E-state index contributed by atoms with van der Waals surface area (Å²) in [6.07, 6.45) is 3.04. The van der Waals surface area contributed by atoms with Crippen LogP contribution in [0.4, 0.5) is 0 Å². The maximum Gasteiger partial charge on any atom is 0.308 e. The number of pyridine rings is 1. The molecule has 134 valence electrons. The smallest absolute Gasteiger partial charge is 0.308 e. The van der Waals surface area contributed by atoms with Gasteiger partial charge in [-0.3, -0.25) is 14.3 Å². The first kappa shape index (κ1) is 17.4. The maximum absolute atomic E-state index is 13.0. The third kappa shape index (κ3) is 2.99. The Morgan fingerprint density at radius 2 is 2.08 bits per heavy atom. The Balaban J connectivity index is 2.01. The third-order valence-electron chi connectivity index (χ3n) is 5.25. The Morgan fingerprint density at radius 3 is 2.76 bits per heavy atom. The number of carboxylic acids is 1. The lowest BCUT2D eigenvalue weighted by atomic mass is 9.73. The zero-order valence-electron chi connectivity index (χ0n) is 15.1. The zero-order chi connectivity index (χ0) is 18.4. The number of carbonyl (C=O) groups is 2. The van der Waals surface area contributed by atoms with Gasteiger partial charge in [-0.25, -0.2) is 4.98 Å². The summed E-state index contributed by atoms with van der Waals surface area (Å²) in [6.45, 7) is 5.52. The molecular formula is C18H24N4O3. The number of hydrogen-bond donors (Lipinski definition) is 2. The highest BCUT2D eigenvalue weighted by atomic mass is 16.4. The van der Waals surface area contributed by atoms with Gasteiger partial charge in [0.2, 0.25) is 0 Å². The quantitative estimate of drug-likeness (QED) is 0.891. The maximum atomic E-state index is 13.0. The van der Waals surface area contributed by atoms with Crippen molar-refractivity contribution in [3.8, 4) is 0 Å². The molecule has 7 heteroatoms. The van der Waals surface area contributed by atoms with E-state index < -0.39 is 17.4 Å². The standard InChI is InChI=1S/C18H24N4O3/c1-10-9-12(14-11(2)21-22(4)15(14)19-10)16(23)20-18(3)8-6-5-7-13(18)17(24)25/h9,13H,5-8H2,1-4H3,(H,20,23)(H,24,25). The van der Waals surface area contributed by atoms with Gasteiger partial charge in [-0.15, -0.1) is 0 Å². The topological polar surface area (TPSA) is 97.1 Å². The molecule has 25 heavy (non-hydrogen) atoms. The monoisotopic (exact) mass is 344 g/mol. The second-order valence-corrected chi connectivity index (χ2v) is 7.23. The molecule has 2 aromatic rings. The number of fused-ring (bicyclic) bond motifs is 1. The molecule has 2 heterocycles. The first-order valence-corrected chi connectivity index (χ1v) is 8.59. The first-order chi connectivity index (χ1) is 11.7. The van der Waals surface area contributed by atoms with E-state index in [1.54, 1.807) is 17.8 Å². The number of rotatable bonds is 3. The van der Waals surface area contributed by atoms with Gasteiger partial charge in [0.05, 0.1) is 28.1 Å². The van der Waals surface area contributed by atoms with E-state index in [4.69, 9.17) is 0 Å². The van der Waals surface area contributed by atoms with E-state index in [1.165, 1.54) is 0 Å². The SMILES string of the molecule is Cc1cc(C(=O)NC2(C)CCCCC2C(=O)O)c2c(C)nn(C)c2n1. The number of aryl methyl sites for hydroxylation is 3. The van der Waals surface area contributed by atoms with Crippen LogP contribution in [0.15, 0.2) is 6.07 Å². The van der Waals surface area contributed by atoms with Crippen LogP contribution in [-0.4, -0.2) is 37.3 Å². The number of nitrogens with zero attached hydrogens (tertiary/aromatic N) is 3. The largest absolute Gasteiger partial charge is 0.481 e. The van der Waals surface area contributed by atoms with Crippen LogP contribution in [0.1, 0.15) is 54.4 Å². The first-order valence-electron chi connectivity index (χ1n) is 8.59. The lowest BCUT2D eigenvalue weighted by Gasteiger charge is -2.39. The van der Waals surface area contributed by atoms with Crippen LogP contribution in [0, 0.1) is 19.8 Å². The highest BCUT2D eigenvalue weighted by molar-refractivity contribution is 6.07. The van der Waals surface area contributed by atoms with Crippen LogP contribution in [0.25, 0.3) is 11.0 Å². The molecule has 7 nitrogen and oxygen atoms in total. The molecule has 1 aliphatic rings.